The van der Waals surface area contributed by atoms with Crippen LogP contribution in [0.4, 0.5) is 8.78 Å². The average molecular weight is 375 g/mol. The van der Waals surface area contributed by atoms with Crippen molar-refractivity contribution in [3.05, 3.63) is 76.3 Å². The molecule has 0 aromatic heterocycles. The SMILES string of the molecule is C=C1CC[C@@]2(Cc3ccc(Cl)cc3)c3c(F)ccc(F)c3OC[C@H]2[C@@H]1C. The van der Waals surface area contributed by atoms with Gasteiger partial charge in [-0.25, -0.2) is 8.78 Å². The van der Waals surface area contributed by atoms with Crippen molar-refractivity contribution in [3.8, 4) is 5.75 Å². The highest BCUT2D eigenvalue weighted by atomic mass is 35.5. The molecule has 0 N–H and O–H groups in total. The van der Waals surface area contributed by atoms with Crippen molar-refractivity contribution in [2.75, 3.05) is 6.61 Å². The molecule has 1 nitrogen and oxygen atoms in total. The standard InChI is InChI=1S/C22H21ClF2O/c1-13-9-10-22(11-15-3-5-16(23)6-4-15)17(14(13)2)12-26-21-19(25)8-7-18(24)20(21)22/h3-8,14,17H,1,9-12H2,2H3/t14-,17+,22+/m1/s1. The van der Waals surface area contributed by atoms with Gasteiger partial charge in [-0.05, 0) is 55.0 Å². The molecule has 26 heavy (non-hydrogen) atoms. The first-order chi connectivity index (χ1) is 12.4. The van der Waals surface area contributed by atoms with Gasteiger partial charge >= 0.3 is 0 Å². The van der Waals surface area contributed by atoms with Crippen LogP contribution in [-0.2, 0) is 11.8 Å². The fourth-order valence-corrected chi connectivity index (χ4v) is 4.89. The van der Waals surface area contributed by atoms with Crippen LogP contribution in [0, 0.1) is 23.5 Å². The quantitative estimate of drug-likeness (QED) is 0.577. The Balaban J connectivity index is 1.89. The van der Waals surface area contributed by atoms with Crippen LogP contribution in [0.25, 0.3) is 0 Å². The molecule has 0 saturated heterocycles. The largest absolute Gasteiger partial charge is 0.490 e. The summed E-state index contributed by atoms with van der Waals surface area (Å²) in [5.74, 6) is -0.558. The zero-order chi connectivity index (χ0) is 18.5. The molecule has 1 aliphatic heterocycles. The van der Waals surface area contributed by atoms with E-state index in [1.54, 1.807) is 0 Å². The molecule has 0 spiro atoms. The van der Waals surface area contributed by atoms with E-state index in [0.29, 0.717) is 23.6 Å². The Morgan fingerprint density at radius 1 is 1.15 bits per heavy atom. The number of hydrogen-bond donors (Lipinski definition) is 0. The van der Waals surface area contributed by atoms with Crippen LogP contribution in [-0.4, -0.2) is 6.61 Å². The van der Waals surface area contributed by atoms with Crippen LogP contribution in [0.3, 0.4) is 0 Å². The van der Waals surface area contributed by atoms with Crippen molar-refractivity contribution in [3.63, 3.8) is 0 Å². The van der Waals surface area contributed by atoms with Gasteiger partial charge < -0.3 is 4.74 Å². The van der Waals surface area contributed by atoms with Gasteiger partial charge in [-0.2, -0.15) is 0 Å². The molecule has 0 radical (unpaired) electrons. The molecule has 136 valence electrons. The minimum Gasteiger partial charge on any atom is -0.490 e. The summed E-state index contributed by atoms with van der Waals surface area (Å²) < 4.78 is 35.1. The van der Waals surface area contributed by atoms with Gasteiger partial charge in [0.1, 0.15) is 5.82 Å². The van der Waals surface area contributed by atoms with E-state index in [9.17, 15) is 8.78 Å². The van der Waals surface area contributed by atoms with Gasteiger partial charge in [-0.3, -0.25) is 0 Å². The number of hydrogen-bond acceptors (Lipinski definition) is 1. The Labute approximate surface area is 157 Å². The van der Waals surface area contributed by atoms with Crippen LogP contribution >= 0.6 is 11.6 Å². The van der Waals surface area contributed by atoms with Crippen molar-refractivity contribution in [2.24, 2.45) is 11.8 Å². The molecule has 1 fully saturated rings. The summed E-state index contributed by atoms with van der Waals surface area (Å²) in [5, 5.41) is 0.665. The maximum absolute atomic E-state index is 15.0. The van der Waals surface area contributed by atoms with Crippen molar-refractivity contribution in [2.45, 2.75) is 31.6 Å². The van der Waals surface area contributed by atoms with E-state index >= 15 is 0 Å². The number of allylic oxidation sites excluding steroid dienone is 1. The third-order valence-corrected chi connectivity index (χ3v) is 6.50. The molecule has 4 rings (SSSR count). The molecule has 2 aromatic rings. The first-order valence-corrected chi connectivity index (χ1v) is 9.33. The number of benzene rings is 2. The molecule has 2 aromatic carbocycles. The van der Waals surface area contributed by atoms with E-state index in [-0.39, 0.29) is 23.4 Å². The lowest BCUT2D eigenvalue weighted by Crippen LogP contribution is -2.50. The molecule has 0 amide bonds. The van der Waals surface area contributed by atoms with Crippen LogP contribution in [0.1, 0.15) is 30.9 Å². The second kappa shape index (κ2) is 6.38. The number of rotatable bonds is 2. The van der Waals surface area contributed by atoms with Crippen molar-refractivity contribution in [1.29, 1.82) is 0 Å². The number of halogens is 3. The molecule has 3 atom stereocenters. The predicted octanol–water partition coefficient (Wildman–Crippen LogP) is 6.09. The smallest absolute Gasteiger partial charge is 0.165 e. The Kier molecular flexibility index (Phi) is 4.31. The second-order valence-electron chi connectivity index (χ2n) is 7.56. The van der Waals surface area contributed by atoms with Crippen molar-refractivity contribution < 1.29 is 13.5 Å². The summed E-state index contributed by atoms with van der Waals surface area (Å²) in [6, 6.07) is 9.99. The fourth-order valence-electron chi connectivity index (χ4n) is 4.76. The van der Waals surface area contributed by atoms with Gasteiger partial charge in [0.25, 0.3) is 0 Å². The van der Waals surface area contributed by atoms with E-state index in [1.807, 2.05) is 24.3 Å². The summed E-state index contributed by atoms with van der Waals surface area (Å²) in [6.45, 7) is 6.69. The lowest BCUT2D eigenvalue weighted by atomic mass is 9.55. The molecule has 1 heterocycles. The van der Waals surface area contributed by atoms with Crippen LogP contribution < -0.4 is 4.74 Å². The van der Waals surface area contributed by atoms with Crippen molar-refractivity contribution in [1.82, 2.24) is 0 Å². The third-order valence-electron chi connectivity index (χ3n) is 6.25. The summed E-state index contributed by atoms with van der Waals surface area (Å²) in [7, 11) is 0. The highest BCUT2D eigenvalue weighted by molar-refractivity contribution is 6.30. The maximum Gasteiger partial charge on any atom is 0.165 e. The van der Waals surface area contributed by atoms with E-state index < -0.39 is 11.2 Å². The molecule has 1 saturated carbocycles. The number of fused-ring (bicyclic) bond motifs is 3. The molecular formula is C22H21ClF2O. The highest BCUT2D eigenvalue weighted by Crippen LogP contribution is 2.56. The normalized spacial score (nSPS) is 27.5. The lowest BCUT2D eigenvalue weighted by molar-refractivity contribution is 0.0638. The second-order valence-corrected chi connectivity index (χ2v) is 7.99. The van der Waals surface area contributed by atoms with Gasteiger partial charge in [0.2, 0.25) is 0 Å². The van der Waals surface area contributed by atoms with Gasteiger partial charge in [0.15, 0.2) is 11.6 Å². The van der Waals surface area contributed by atoms with E-state index in [0.717, 1.165) is 30.0 Å². The number of ether oxygens (including phenoxy) is 1. The third kappa shape index (κ3) is 2.64. The predicted molar refractivity (Wildman–Crippen MR) is 99.7 cm³/mol. The molecule has 4 heteroatoms. The van der Waals surface area contributed by atoms with Gasteiger partial charge in [0, 0.05) is 21.9 Å². The Morgan fingerprint density at radius 3 is 2.58 bits per heavy atom. The average Bonchev–Trinajstić information content (AvgIpc) is 2.63. The lowest BCUT2D eigenvalue weighted by Gasteiger charge is -2.51. The monoisotopic (exact) mass is 374 g/mol. The van der Waals surface area contributed by atoms with Crippen LogP contribution in [0.15, 0.2) is 48.6 Å². The molecule has 0 unspecified atom stereocenters. The minimum atomic E-state index is -0.506. The zero-order valence-electron chi connectivity index (χ0n) is 14.7. The van der Waals surface area contributed by atoms with Crippen LogP contribution in [0.2, 0.25) is 5.02 Å². The Bertz CT molecular complexity index is 861. The Morgan fingerprint density at radius 2 is 1.85 bits per heavy atom. The fraction of sp³-hybridized carbons (Fsp3) is 0.364. The molecular weight excluding hydrogens is 354 g/mol. The Hall–Kier alpha value is -1.87. The van der Waals surface area contributed by atoms with E-state index in [4.69, 9.17) is 16.3 Å². The molecule has 1 aliphatic carbocycles. The van der Waals surface area contributed by atoms with Gasteiger partial charge in [0.05, 0.1) is 6.61 Å². The van der Waals surface area contributed by atoms with Crippen molar-refractivity contribution >= 4 is 11.6 Å². The van der Waals surface area contributed by atoms with E-state index in [1.165, 1.54) is 6.07 Å². The van der Waals surface area contributed by atoms with E-state index in [2.05, 4.69) is 13.5 Å². The molecule has 0 bridgehead atoms. The molecule has 2 aliphatic rings. The van der Waals surface area contributed by atoms with Crippen LogP contribution in [0.5, 0.6) is 5.75 Å². The zero-order valence-corrected chi connectivity index (χ0v) is 15.5. The minimum absolute atomic E-state index is 0.0585. The highest BCUT2D eigenvalue weighted by Gasteiger charge is 2.52. The maximum atomic E-state index is 15.0. The summed E-state index contributed by atoms with van der Waals surface area (Å²) in [4.78, 5) is 0. The first-order valence-electron chi connectivity index (χ1n) is 8.96. The topological polar surface area (TPSA) is 9.23 Å². The van der Waals surface area contributed by atoms with Gasteiger partial charge in [-0.1, -0.05) is 42.8 Å². The van der Waals surface area contributed by atoms with Gasteiger partial charge in [-0.15, -0.1) is 0 Å². The first kappa shape index (κ1) is 17.5. The summed E-state index contributed by atoms with van der Waals surface area (Å²) >= 11 is 6.02. The summed E-state index contributed by atoms with van der Waals surface area (Å²) in [6.07, 6.45) is 2.17. The summed E-state index contributed by atoms with van der Waals surface area (Å²) in [5.41, 5.74) is 2.11.